The van der Waals surface area contributed by atoms with Gasteiger partial charge in [0.15, 0.2) is 11.5 Å². The lowest BCUT2D eigenvalue weighted by Gasteiger charge is -2.32. The number of carbonyl (C=O) groups is 2. The van der Waals surface area contributed by atoms with Gasteiger partial charge < -0.3 is 24.1 Å². The third kappa shape index (κ3) is 4.15. The highest BCUT2D eigenvalue weighted by molar-refractivity contribution is 5.86. The number of esters is 1. The van der Waals surface area contributed by atoms with Crippen LogP contribution in [-0.2, 0) is 14.3 Å². The molecule has 2 aliphatic rings. The van der Waals surface area contributed by atoms with Crippen LogP contribution in [0.1, 0.15) is 43.2 Å². The molecule has 3 aromatic rings. The predicted molar refractivity (Wildman–Crippen MR) is 123 cm³/mol. The third-order valence-electron chi connectivity index (χ3n) is 6.57. The summed E-state index contributed by atoms with van der Waals surface area (Å²) >= 11 is 0. The minimum Gasteiger partial charge on any atom is -0.466 e. The molecule has 0 spiro atoms. The fraction of sp³-hybridized carbons (Fsp3) is 0.385. The zero-order chi connectivity index (χ0) is 22.8. The van der Waals surface area contributed by atoms with E-state index in [1.54, 1.807) is 6.92 Å². The van der Waals surface area contributed by atoms with Crippen molar-refractivity contribution in [1.82, 2.24) is 9.88 Å². The predicted octanol–water partition coefficient (Wildman–Crippen LogP) is 4.22. The van der Waals surface area contributed by atoms with Gasteiger partial charge in [0.2, 0.25) is 12.7 Å². The zero-order valence-corrected chi connectivity index (χ0v) is 18.7. The zero-order valence-electron chi connectivity index (χ0n) is 18.7. The van der Waals surface area contributed by atoms with Crippen molar-refractivity contribution in [1.29, 1.82) is 0 Å². The number of H-pyrrole nitrogens is 1. The van der Waals surface area contributed by atoms with Crippen molar-refractivity contribution in [3.63, 3.8) is 0 Å². The van der Waals surface area contributed by atoms with Gasteiger partial charge in [0.1, 0.15) is 0 Å². The Balaban J connectivity index is 1.46. The first kappa shape index (κ1) is 21.4. The summed E-state index contributed by atoms with van der Waals surface area (Å²) < 4.78 is 16.6. The van der Waals surface area contributed by atoms with Crippen LogP contribution >= 0.6 is 0 Å². The van der Waals surface area contributed by atoms with Crippen LogP contribution in [-0.4, -0.2) is 48.2 Å². The van der Waals surface area contributed by atoms with Crippen molar-refractivity contribution < 1.29 is 23.8 Å². The van der Waals surface area contributed by atoms with Crippen molar-refractivity contribution in [2.24, 2.45) is 5.92 Å². The molecule has 3 heterocycles. The second-order valence-electron chi connectivity index (χ2n) is 8.56. The number of nitrogens with one attached hydrogen (secondary N) is 1. The van der Waals surface area contributed by atoms with Crippen LogP contribution in [0.3, 0.4) is 0 Å². The number of fused-ring (bicyclic) bond motifs is 2. The number of amides is 1. The summed E-state index contributed by atoms with van der Waals surface area (Å²) in [4.78, 5) is 31.0. The van der Waals surface area contributed by atoms with Crippen LogP contribution in [0.2, 0.25) is 0 Å². The first-order chi connectivity index (χ1) is 16.2. The Morgan fingerprint density at radius 2 is 2.03 bits per heavy atom. The van der Waals surface area contributed by atoms with Gasteiger partial charge in [-0.2, -0.15) is 0 Å². The second-order valence-corrected chi connectivity index (χ2v) is 8.56. The monoisotopic (exact) mass is 448 g/mol. The molecule has 2 unspecified atom stereocenters. The molecule has 1 N–H and O–H groups in total. The van der Waals surface area contributed by atoms with Gasteiger partial charge in [0, 0.05) is 48.1 Å². The Morgan fingerprint density at radius 3 is 2.91 bits per heavy atom. The van der Waals surface area contributed by atoms with Gasteiger partial charge >= 0.3 is 5.97 Å². The molecule has 2 aliphatic heterocycles. The molecule has 0 bridgehead atoms. The van der Waals surface area contributed by atoms with Gasteiger partial charge in [-0.3, -0.25) is 9.59 Å². The maximum absolute atomic E-state index is 13.5. The minimum atomic E-state index is -0.258. The molecule has 7 nitrogen and oxygen atoms in total. The van der Waals surface area contributed by atoms with Crippen molar-refractivity contribution in [2.75, 3.05) is 26.5 Å². The van der Waals surface area contributed by atoms with E-state index in [1.807, 2.05) is 47.5 Å². The number of aromatic nitrogens is 1. The van der Waals surface area contributed by atoms with Gasteiger partial charge in [0.25, 0.3) is 0 Å². The van der Waals surface area contributed by atoms with Gasteiger partial charge in [-0.25, -0.2) is 0 Å². The number of aromatic amines is 1. The van der Waals surface area contributed by atoms with Crippen molar-refractivity contribution >= 4 is 22.8 Å². The van der Waals surface area contributed by atoms with Gasteiger partial charge in [-0.15, -0.1) is 0 Å². The Labute approximate surface area is 192 Å². The lowest BCUT2D eigenvalue weighted by molar-refractivity contribution is -0.151. The molecule has 1 fully saturated rings. The summed E-state index contributed by atoms with van der Waals surface area (Å²) in [5.74, 6) is 0.735. The van der Waals surface area contributed by atoms with Crippen molar-refractivity contribution in [3.05, 3.63) is 59.8 Å². The summed E-state index contributed by atoms with van der Waals surface area (Å²) in [5.41, 5.74) is 3.00. The molecule has 2 atom stereocenters. The molecule has 1 saturated heterocycles. The van der Waals surface area contributed by atoms with Crippen molar-refractivity contribution in [3.8, 4) is 11.5 Å². The molecule has 1 aromatic heterocycles. The average molecular weight is 449 g/mol. The smallest absolute Gasteiger partial charge is 0.310 e. The highest BCUT2D eigenvalue weighted by Crippen LogP contribution is 2.44. The highest BCUT2D eigenvalue weighted by atomic mass is 16.7. The van der Waals surface area contributed by atoms with Crippen LogP contribution in [0.4, 0.5) is 0 Å². The van der Waals surface area contributed by atoms with E-state index in [2.05, 4.69) is 11.1 Å². The van der Waals surface area contributed by atoms with Gasteiger partial charge in [0.05, 0.1) is 12.5 Å². The van der Waals surface area contributed by atoms with Crippen LogP contribution in [0.25, 0.3) is 10.9 Å². The molecule has 172 valence electrons. The molecule has 33 heavy (non-hydrogen) atoms. The van der Waals surface area contributed by atoms with Crippen LogP contribution in [0.5, 0.6) is 11.5 Å². The summed E-state index contributed by atoms with van der Waals surface area (Å²) in [6, 6.07) is 13.9. The molecule has 0 saturated carbocycles. The number of hydrogen-bond donors (Lipinski definition) is 1. The fourth-order valence-electron chi connectivity index (χ4n) is 4.96. The molecule has 2 aromatic carbocycles. The average Bonchev–Trinajstić information content (AvgIpc) is 3.50. The molecular formula is C26H28N2O5. The maximum atomic E-state index is 13.5. The summed E-state index contributed by atoms with van der Waals surface area (Å²) in [7, 11) is 0. The third-order valence-corrected chi connectivity index (χ3v) is 6.57. The Bertz CT molecular complexity index is 1170. The number of ether oxygens (including phenoxy) is 3. The molecule has 0 aliphatic carbocycles. The van der Waals surface area contributed by atoms with E-state index in [0.717, 1.165) is 34.9 Å². The topological polar surface area (TPSA) is 80.9 Å². The van der Waals surface area contributed by atoms with Gasteiger partial charge in [-0.1, -0.05) is 30.3 Å². The number of benzene rings is 2. The minimum absolute atomic E-state index is 0.0239. The number of rotatable bonds is 6. The SMILES string of the molecule is CCOC(=O)C1CCCN(C(=O)CC(c2cccc3c2OCO3)c2c[nH]c3ccccc23)C1. The van der Waals surface area contributed by atoms with E-state index in [-0.39, 0.29) is 36.9 Å². The number of likely N-dealkylation sites (tertiary alicyclic amines) is 1. The lowest BCUT2D eigenvalue weighted by atomic mass is 9.86. The maximum Gasteiger partial charge on any atom is 0.310 e. The Hall–Kier alpha value is -3.48. The normalized spacial score (nSPS) is 18.3. The quantitative estimate of drug-likeness (QED) is 0.571. The Kier molecular flexibility index (Phi) is 5.94. The largest absolute Gasteiger partial charge is 0.466 e. The number of nitrogens with zero attached hydrogens (tertiary/aromatic N) is 1. The van der Waals surface area contributed by atoms with E-state index in [1.165, 1.54) is 0 Å². The number of para-hydroxylation sites is 2. The molecular weight excluding hydrogens is 420 g/mol. The van der Waals surface area contributed by atoms with Crippen LogP contribution < -0.4 is 9.47 Å². The summed E-state index contributed by atoms with van der Waals surface area (Å²) in [6.45, 7) is 3.40. The lowest BCUT2D eigenvalue weighted by Crippen LogP contribution is -2.43. The van der Waals surface area contributed by atoms with Gasteiger partial charge in [-0.05, 0) is 37.5 Å². The van der Waals surface area contributed by atoms with Crippen LogP contribution in [0, 0.1) is 5.92 Å². The summed E-state index contributed by atoms with van der Waals surface area (Å²) in [6.07, 6.45) is 3.81. The fourth-order valence-corrected chi connectivity index (χ4v) is 4.96. The van der Waals surface area contributed by atoms with E-state index >= 15 is 0 Å². The first-order valence-electron chi connectivity index (χ1n) is 11.5. The van der Waals surface area contributed by atoms with E-state index in [0.29, 0.717) is 31.2 Å². The van der Waals surface area contributed by atoms with Crippen LogP contribution in [0.15, 0.2) is 48.7 Å². The molecule has 1 amide bonds. The number of piperidine rings is 1. The van der Waals surface area contributed by atoms with E-state index in [9.17, 15) is 9.59 Å². The van der Waals surface area contributed by atoms with E-state index < -0.39 is 0 Å². The van der Waals surface area contributed by atoms with E-state index in [4.69, 9.17) is 14.2 Å². The number of hydrogen-bond acceptors (Lipinski definition) is 5. The standard InChI is InChI=1S/C26H28N2O5/c1-2-31-26(30)17-7-6-12-28(15-17)24(29)13-20(19-9-5-11-23-25(19)33-16-32-23)21-14-27-22-10-4-3-8-18(21)22/h3-5,8-11,14,17,20,27H,2,6-7,12-13,15-16H2,1H3. The Morgan fingerprint density at radius 1 is 1.15 bits per heavy atom. The second kappa shape index (κ2) is 9.17. The first-order valence-corrected chi connectivity index (χ1v) is 11.5. The summed E-state index contributed by atoms with van der Waals surface area (Å²) in [5, 5.41) is 1.08. The highest BCUT2D eigenvalue weighted by Gasteiger charge is 2.33. The molecule has 0 radical (unpaired) electrons. The molecule has 7 heteroatoms. The number of carbonyl (C=O) groups excluding carboxylic acids is 2. The van der Waals surface area contributed by atoms with Crippen molar-refractivity contribution in [2.45, 2.75) is 32.1 Å². The molecule has 5 rings (SSSR count).